The topological polar surface area (TPSA) is 87.0 Å². The van der Waals surface area contributed by atoms with E-state index in [1.165, 1.54) is 11.8 Å². The number of piperazine rings is 1. The Morgan fingerprint density at radius 1 is 1.08 bits per heavy atom. The van der Waals surface area contributed by atoms with Crippen molar-refractivity contribution in [3.05, 3.63) is 73.5 Å². The molecule has 2 aromatic heterocycles. The highest BCUT2D eigenvalue weighted by atomic mass is 16.5. The van der Waals surface area contributed by atoms with Gasteiger partial charge in [-0.25, -0.2) is 4.98 Å². The molecule has 0 saturated carbocycles. The van der Waals surface area contributed by atoms with Gasteiger partial charge in [-0.3, -0.25) is 4.79 Å². The van der Waals surface area contributed by atoms with Crippen molar-refractivity contribution in [3.63, 3.8) is 0 Å². The van der Waals surface area contributed by atoms with E-state index < -0.39 is 0 Å². The van der Waals surface area contributed by atoms with Crippen LogP contribution in [0.1, 0.15) is 13.8 Å². The summed E-state index contributed by atoms with van der Waals surface area (Å²) >= 11 is 0. The summed E-state index contributed by atoms with van der Waals surface area (Å²) in [5.74, 6) is 0.957. The van der Waals surface area contributed by atoms with E-state index in [1.807, 2.05) is 25.8 Å². The molecule has 1 fully saturated rings. The molecule has 9 heteroatoms. The van der Waals surface area contributed by atoms with E-state index in [9.17, 15) is 4.79 Å². The number of benzene rings is 2. The standard InChI is InChI=1S/C27H28N6O3.C2H6/c1-4-24(34)28-19-6-5-7-22(18-19)36-26-25-23(12-17-35-25)29-27(30-26)32(3)20-8-10-21(11-9-20)33-15-13-31(2)14-16-33;1-2/h4-12,17-18H,1,13-16H2,2-3H3,(H,28,34);1-2H3. The minimum Gasteiger partial charge on any atom is -0.457 e. The summed E-state index contributed by atoms with van der Waals surface area (Å²) in [5, 5.41) is 2.72. The number of rotatable bonds is 7. The van der Waals surface area contributed by atoms with Crippen molar-refractivity contribution in [2.45, 2.75) is 13.8 Å². The molecule has 1 amide bonds. The molecule has 3 heterocycles. The van der Waals surface area contributed by atoms with Gasteiger partial charge in [0.05, 0.1) is 6.26 Å². The van der Waals surface area contributed by atoms with E-state index >= 15 is 0 Å². The largest absolute Gasteiger partial charge is 0.457 e. The van der Waals surface area contributed by atoms with Crippen LogP contribution in [0.15, 0.2) is 77.9 Å². The number of nitrogens with one attached hydrogen (secondary N) is 1. The maximum atomic E-state index is 11.7. The van der Waals surface area contributed by atoms with Gasteiger partial charge in [-0.15, -0.1) is 0 Å². The predicted molar refractivity (Wildman–Crippen MR) is 153 cm³/mol. The molecule has 1 aliphatic rings. The van der Waals surface area contributed by atoms with Crippen molar-refractivity contribution in [2.75, 3.05) is 55.4 Å². The number of nitrogens with zero attached hydrogens (tertiary/aromatic N) is 5. The van der Waals surface area contributed by atoms with Crippen LogP contribution in [0.25, 0.3) is 11.1 Å². The van der Waals surface area contributed by atoms with E-state index in [4.69, 9.17) is 9.15 Å². The Morgan fingerprint density at radius 2 is 1.82 bits per heavy atom. The average Bonchev–Trinajstić information content (AvgIpc) is 3.44. The van der Waals surface area contributed by atoms with Crippen LogP contribution in [0.5, 0.6) is 11.6 Å². The van der Waals surface area contributed by atoms with Crippen LogP contribution in [0.3, 0.4) is 0 Å². The van der Waals surface area contributed by atoms with Crippen LogP contribution in [0.2, 0.25) is 0 Å². The van der Waals surface area contributed by atoms with E-state index in [0.29, 0.717) is 28.5 Å². The Hall–Kier alpha value is -4.37. The summed E-state index contributed by atoms with van der Waals surface area (Å²) in [6, 6.07) is 17.2. The molecule has 198 valence electrons. The Morgan fingerprint density at radius 3 is 2.53 bits per heavy atom. The zero-order valence-corrected chi connectivity index (χ0v) is 22.3. The molecular weight excluding hydrogens is 480 g/mol. The second-order valence-corrected chi connectivity index (χ2v) is 8.65. The van der Waals surface area contributed by atoms with Gasteiger partial charge in [0.15, 0.2) is 0 Å². The van der Waals surface area contributed by atoms with Gasteiger partial charge >= 0.3 is 0 Å². The number of hydrogen-bond acceptors (Lipinski definition) is 8. The first-order valence-electron chi connectivity index (χ1n) is 12.7. The van der Waals surface area contributed by atoms with Gasteiger partial charge in [0.1, 0.15) is 11.3 Å². The third-order valence-electron chi connectivity index (χ3n) is 6.17. The SMILES string of the molecule is C=CC(=O)Nc1cccc(Oc2nc(N(C)c3ccc(N4CCN(C)CC4)cc3)nc3ccoc23)c1.CC. The third-order valence-corrected chi connectivity index (χ3v) is 6.17. The van der Waals surface area contributed by atoms with E-state index in [2.05, 4.69) is 63.0 Å². The minimum atomic E-state index is -0.301. The van der Waals surface area contributed by atoms with Crippen molar-refractivity contribution in [1.29, 1.82) is 0 Å². The van der Waals surface area contributed by atoms with Crippen molar-refractivity contribution in [2.24, 2.45) is 0 Å². The molecule has 4 aromatic rings. The number of amides is 1. The van der Waals surface area contributed by atoms with Gasteiger partial charge in [0, 0.05) is 62.4 Å². The summed E-state index contributed by atoms with van der Waals surface area (Å²) in [4.78, 5) is 27.6. The summed E-state index contributed by atoms with van der Waals surface area (Å²) in [6.07, 6.45) is 2.77. The second-order valence-electron chi connectivity index (χ2n) is 8.65. The molecule has 2 aromatic carbocycles. The van der Waals surface area contributed by atoms with Gasteiger partial charge in [-0.05, 0) is 49.5 Å². The van der Waals surface area contributed by atoms with Crippen LogP contribution in [-0.4, -0.2) is 61.0 Å². The molecular formula is C29H34N6O3. The molecule has 38 heavy (non-hydrogen) atoms. The minimum absolute atomic E-state index is 0.285. The highest BCUT2D eigenvalue weighted by Gasteiger charge is 2.18. The zero-order valence-electron chi connectivity index (χ0n) is 22.3. The van der Waals surface area contributed by atoms with Gasteiger partial charge in [-0.2, -0.15) is 4.98 Å². The molecule has 1 aliphatic heterocycles. The first-order valence-corrected chi connectivity index (χ1v) is 12.7. The summed E-state index contributed by atoms with van der Waals surface area (Å²) in [6.45, 7) is 11.6. The number of carbonyl (C=O) groups excluding carboxylic acids is 1. The number of fused-ring (bicyclic) bond motifs is 1. The van der Waals surface area contributed by atoms with E-state index in [-0.39, 0.29) is 11.8 Å². The van der Waals surface area contributed by atoms with E-state index in [1.54, 1.807) is 36.6 Å². The first kappa shape index (κ1) is 26.7. The molecule has 5 rings (SSSR count). The second kappa shape index (κ2) is 12.2. The molecule has 0 radical (unpaired) electrons. The third kappa shape index (κ3) is 6.12. The average molecular weight is 515 g/mol. The van der Waals surface area contributed by atoms with Gasteiger partial charge < -0.3 is 29.2 Å². The Bertz CT molecular complexity index is 1380. The lowest BCUT2D eigenvalue weighted by molar-refractivity contribution is -0.111. The molecule has 1 saturated heterocycles. The number of aromatic nitrogens is 2. The lowest BCUT2D eigenvalue weighted by Gasteiger charge is -2.34. The fourth-order valence-electron chi connectivity index (χ4n) is 4.05. The molecule has 1 N–H and O–H groups in total. The van der Waals surface area contributed by atoms with Crippen molar-refractivity contribution in [1.82, 2.24) is 14.9 Å². The summed E-state index contributed by atoms with van der Waals surface area (Å²) in [5.41, 5.74) is 3.82. The fourth-order valence-corrected chi connectivity index (χ4v) is 4.05. The first-order chi connectivity index (χ1) is 18.5. The maximum absolute atomic E-state index is 11.7. The molecule has 0 atom stereocenters. The Balaban J connectivity index is 0.00000164. The summed E-state index contributed by atoms with van der Waals surface area (Å²) in [7, 11) is 4.07. The van der Waals surface area contributed by atoms with Crippen LogP contribution >= 0.6 is 0 Å². The number of ether oxygens (including phenoxy) is 1. The number of carbonyl (C=O) groups is 1. The molecule has 0 bridgehead atoms. The number of hydrogen-bond donors (Lipinski definition) is 1. The molecule has 9 nitrogen and oxygen atoms in total. The van der Waals surface area contributed by atoms with Crippen molar-refractivity contribution < 1.29 is 13.9 Å². The number of furan rings is 1. The summed E-state index contributed by atoms with van der Waals surface area (Å²) < 4.78 is 11.7. The lowest BCUT2D eigenvalue weighted by Crippen LogP contribution is -2.44. The van der Waals surface area contributed by atoms with Crippen molar-refractivity contribution in [3.8, 4) is 11.6 Å². The molecule has 0 aliphatic carbocycles. The number of anilines is 4. The van der Waals surface area contributed by atoms with Crippen LogP contribution in [0, 0.1) is 0 Å². The van der Waals surface area contributed by atoms with Gasteiger partial charge in [0.25, 0.3) is 5.88 Å². The maximum Gasteiger partial charge on any atom is 0.268 e. The monoisotopic (exact) mass is 514 g/mol. The van der Waals surface area contributed by atoms with Crippen LogP contribution in [-0.2, 0) is 4.79 Å². The molecule has 0 spiro atoms. The Kier molecular flexibility index (Phi) is 8.60. The zero-order chi connectivity index (χ0) is 27.1. The fraction of sp³-hybridized carbons (Fsp3) is 0.276. The highest BCUT2D eigenvalue weighted by Crippen LogP contribution is 2.33. The lowest BCUT2D eigenvalue weighted by atomic mass is 10.2. The number of likely N-dealkylation sites (N-methyl/N-ethyl adjacent to an activating group) is 1. The quantitative estimate of drug-likeness (QED) is 0.315. The van der Waals surface area contributed by atoms with Crippen molar-refractivity contribution >= 4 is 40.0 Å². The predicted octanol–water partition coefficient (Wildman–Crippen LogP) is 5.69. The van der Waals surface area contributed by atoms with Crippen LogP contribution < -0.4 is 19.9 Å². The van der Waals surface area contributed by atoms with Crippen LogP contribution in [0.4, 0.5) is 23.0 Å². The highest BCUT2D eigenvalue weighted by molar-refractivity contribution is 5.99. The normalized spacial score (nSPS) is 13.4. The Labute approximate surface area is 223 Å². The van der Waals surface area contributed by atoms with Gasteiger partial charge in [0.2, 0.25) is 17.4 Å². The van der Waals surface area contributed by atoms with E-state index in [0.717, 1.165) is 31.9 Å². The smallest absolute Gasteiger partial charge is 0.268 e. The molecule has 0 unspecified atom stereocenters. The van der Waals surface area contributed by atoms with Gasteiger partial charge in [-0.1, -0.05) is 26.5 Å².